The Morgan fingerprint density at radius 1 is 1.12 bits per heavy atom. The molecule has 0 radical (unpaired) electrons. The average Bonchev–Trinajstić information content (AvgIpc) is 2.63. The molecule has 0 bridgehead atoms. The Kier molecular flexibility index (Phi) is 5.54. The van der Waals surface area contributed by atoms with Crippen molar-refractivity contribution in [3.8, 4) is 0 Å². The number of aromatic nitrogens is 1. The molecule has 2 aromatic rings. The summed E-state index contributed by atoms with van der Waals surface area (Å²) in [5.41, 5.74) is 1.13. The lowest BCUT2D eigenvalue weighted by molar-refractivity contribution is 0.194. The molecule has 1 aromatic heterocycles. The summed E-state index contributed by atoms with van der Waals surface area (Å²) >= 11 is 5.97. The Morgan fingerprint density at radius 3 is 2.67 bits per heavy atom. The van der Waals surface area contributed by atoms with Gasteiger partial charge in [0.15, 0.2) is 0 Å². The van der Waals surface area contributed by atoms with Crippen molar-refractivity contribution in [2.24, 2.45) is 0 Å². The van der Waals surface area contributed by atoms with Crippen molar-refractivity contribution in [1.29, 1.82) is 0 Å². The van der Waals surface area contributed by atoms with Crippen LogP contribution in [0.4, 0.5) is 10.6 Å². The summed E-state index contributed by atoms with van der Waals surface area (Å²) in [4.78, 5) is 20.7. The van der Waals surface area contributed by atoms with Crippen LogP contribution < -0.4 is 10.2 Å². The van der Waals surface area contributed by atoms with Crippen molar-refractivity contribution >= 4 is 23.4 Å². The van der Waals surface area contributed by atoms with Crippen molar-refractivity contribution in [3.63, 3.8) is 0 Å². The summed E-state index contributed by atoms with van der Waals surface area (Å²) in [6.45, 7) is 3.64. The molecule has 2 heterocycles. The van der Waals surface area contributed by atoms with E-state index in [4.69, 9.17) is 11.6 Å². The largest absolute Gasteiger partial charge is 0.353 e. The first-order valence-corrected chi connectivity index (χ1v) is 8.53. The SMILES string of the molecule is O=C(NCCc1cccc(Cl)c1)N1CCN(c2ccccn2)CC1. The quantitative estimate of drug-likeness (QED) is 0.927. The number of piperazine rings is 1. The highest BCUT2D eigenvalue weighted by Crippen LogP contribution is 2.13. The van der Waals surface area contributed by atoms with Crippen LogP contribution in [-0.4, -0.2) is 48.6 Å². The molecule has 0 spiro atoms. The molecular formula is C18H21ClN4O. The molecule has 0 unspecified atom stereocenters. The van der Waals surface area contributed by atoms with Gasteiger partial charge in [0.05, 0.1) is 0 Å². The Labute approximate surface area is 147 Å². The van der Waals surface area contributed by atoms with Gasteiger partial charge in [0.1, 0.15) is 5.82 Å². The van der Waals surface area contributed by atoms with E-state index in [-0.39, 0.29) is 6.03 Å². The lowest BCUT2D eigenvalue weighted by Crippen LogP contribution is -2.52. The number of nitrogens with zero attached hydrogens (tertiary/aromatic N) is 3. The predicted octanol–water partition coefficient (Wildman–Crippen LogP) is 2.81. The number of halogens is 1. The highest BCUT2D eigenvalue weighted by atomic mass is 35.5. The maximum absolute atomic E-state index is 12.3. The zero-order chi connectivity index (χ0) is 16.8. The summed E-state index contributed by atoms with van der Waals surface area (Å²) in [7, 11) is 0. The number of carbonyl (C=O) groups is 1. The molecule has 6 heteroatoms. The third-order valence-electron chi connectivity index (χ3n) is 4.12. The van der Waals surface area contributed by atoms with Crippen LogP contribution in [0, 0.1) is 0 Å². The third kappa shape index (κ3) is 4.38. The van der Waals surface area contributed by atoms with Crippen molar-refractivity contribution in [2.45, 2.75) is 6.42 Å². The number of pyridine rings is 1. The zero-order valence-electron chi connectivity index (χ0n) is 13.5. The maximum atomic E-state index is 12.3. The van der Waals surface area contributed by atoms with Crippen molar-refractivity contribution in [2.75, 3.05) is 37.6 Å². The lowest BCUT2D eigenvalue weighted by Gasteiger charge is -2.35. The lowest BCUT2D eigenvalue weighted by atomic mass is 10.1. The molecule has 0 aliphatic carbocycles. The van der Waals surface area contributed by atoms with Crippen LogP contribution in [0.25, 0.3) is 0 Å². The van der Waals surface area contributed by atoms with Gasteiger partial charge in [-0.1, -0.05) is 29.8 Å². The fourth-order valence-electron chi connectivity index (χ4n) is 2.80. The molecule has 1 aliphatic heterocycles. The number of rotatable bonds is 4. The van der Waals surface area contributed by atoms with Gasteiger partial charge < -0.3 is 15.1 Å². The molecule has 3 rings (SSSR count). The highest BCUT2D eigenvalue weighted by Gasteiger charge is 2.21. The Hall–Kier alpha value is -2.27. The number of amides is 2. The van der Waals surface area contributed by atoms with Gasteiger partial charge in [0.25, 0.3) is 0 Å². The standard InChI is InChI=1S/C18H21ClN4O/c19-16-5-3-4-15(14-16)7-9-21-18(24)23-12-10-22(11-13-23)17-6-1-2-8-20-17/h1-6,8,14H,7,9-13H2,(H,21,24). The molecule has 2 amide bonds. The highest BCUT2D eigenvalue weighted by molar-refractivity contribution is 6.30. The summed E-state index contributed by atoms with van der Waals surface area (Å²) in [6, 6.07) is 13.6. The first-order valence-electron chi connectivity index (χ1n) is 8.15. The topological polar surface area (TPSA) is 48.5 Å². The van der Waals surface area contributed by atoms with Gasteiger partial charge in [-0.25, -0.2) is 9.78 Å². The van der Waals surface area contributed by atoms with E-state index in [1.165, 1.54) is 0 Å². The second-order valence-corrected chi connectivity index (χ2v) is 6.21. The van der Waals surface area contributed by atoms with Crippen LogP contribution in [0.5, 0.6) is 0 Å². The van der Waals surface area contributed by atoms with Crippen LogP contribution in [0.1, 0.15) is 5.56 Å². The van der Waals surface area contributed by atoms with E-state index in [1.54, 1.807) is 6.20 Å². The van der Waals surface area contributed by atoms with Gasteiger partial charge in [-0.05, 0) is 36.2 Å². The number of hydrogen-bond acceptors (Lipinski definition) is 3. The van der Waals surface area contributed by atoms with E-state index >= 15 is 0 Å². The number of urea groups is 1. The van der Waals surface area contributed by atoms with Crippen LogP contribution in [0.15, 0.2) is 48.7 Å². The van der Waals surface area contributed by atoms with Gasteiger partial charge in [0, 0.05) is 43.9 Å². The Balaban J connectivity index is 1.42. The van der Waals surface area contributed by atoms with Crippen LogP contribution >= 0.6 is 11.6 Å². The normalized spacial score (nSPS) is 14.5. The molecule has 0 atom stereocenters. The second kappa shape index (κ2) is 8.02. The van der Waals surface area contributed by atoms with E-state index in [0.29, 0.717) is 19.6 Å². The van der Waals surface area contributed by atoms with E-state index in [0.717, 1.165) is 35.9 Å². The molecular weight excluding hydrogens is 324 g/mol. The van der Waals surface area contributed by atoms with Gasteiger partial charge in [-0.2, -0.15) is 0 Å². The predicted molar refractivity (Wildman–Crippen MR) is 96.6 cm³/mol. The molecule has 1 aliphatic rings. The smallest absolute Gasteiger partial charge is 0.317 e. The molecule has 0 saturated carbocycles. The molecule has 5 nitrogen and oxygen atoms in total. The first-order chi connectivity index (χ1) is 11.7. The average molecular weight is 345 g/mol. The van der Waals surface area contributed by atoms with Crippen LogP contribution in [0.2, 0.25) is 5.02 Å². The van der Waals surface area contributed by atoms with Crippen molar-refractivity contribution < 1.29 is 4.79 Å². The van der Waals surface area contributed by atoms with E-state index < -0.39 is 0 Å². The van der Waals surface area contributed by atoms with Gasteiger partial charge in [-0.15, -0.1) is 0 Å². The van der Waals surface area contributed by atoms with E-state index in [2.05, 4.69) is 15.2 Å². The monoisotopic (exact) mass is 344 g/mol. The minimum atomic E-state index is -0.00213. The number of benzene rings is 1. The summed E-state index contributed by atoms with van der Waals surface area (Å²) < 4.78 is 0. The van der Waals surface area contributed by atoms with Crippen molar-refractivity contribution in [1.82, 2.24) is 15.2 Å². The number of hydrogen-bond donors (Lipinski definition) is 1. The first kappa shape index (κ1) is 16.6. The second-order valence-electron chi connectivity index (χ2n) is 5.77. The minimum Gasteiger partial charge on any atom is -0.353 e. The van der Waals surface area contributed by atoms with Crippen LogP contribution in [-0.2, 0) is 6.42 Å². The molecule has 1 N–H and O–H groups in total. The number of carbonyl (C=O) groups excluding carboxylic acids is 1. The zero-order valence-corrected chi connectivity index (χ0v) is 14.2. The van der Waals surface area contributed by atoms with Crippen molar-refractivity contribution in [3.05, 3.63) is 59.2 Å². The van der Waals surface area contributed by atoms with Gasteiger partial charge in [-0.3, -0.25) is 0 Å². The van der Waals surface area contributed by atoms with Gasteiger partial charge >= 0.3 is 6.03 Å². The molecule has 1 saturated heterocycles. The number of nitrogens with one attached hydrogen (secondary N) is 1. The summed E-state index contributed by atoms with van der Waals surface area (Å²) in [5, 5.41) is 3.71. The third-order valence-corrected chi connectivity index (χ3v) is 4.35. The van der Waals surface area contributed by atoms with Crippen LogP contribution in [0.3, 0.4) is 0 Å². The molecule has 1 fully saturated rings. The summed E-state index contributed by atoms with van der Waals surface area (Å²) in [5.74, 6) is 0.971. The molecule has 1 aromatic carbocycles. The molecule has 24 heavy (non-hydrogen) atoms. The minimum absolute atomic E-state index is 0.00213. The Bertz CT molecular complexity index is 672. The van der Waals surface area contributed by atoms with Gasteiger partial charge in [0.2, 0.25) is 0 Å². The van der Waals surface area contributed by atoms with E-state index in [9.17, 15) is 4.79 Å². The summed E-state index contributed by atoms with van der Waals surface area (Å²) in [6.07, 6.45) is 2.57. The molecule has 126 valence electrons. The fourth-order valence-corrected chi connectivity index (χ4v) is 3.01. The Morgan fingerprint density at radius 2 is 1.96 bits per heavy atom. The van der Waals surface area contributed by atoms with E-state index in [1.807, 2.05) is 47.4 Å². The number of anilines is 1. The fraction of sp³-hybridized carbons (Fsp3) is 0.333. The maximum Gasteiger partial charge on any atom is 0.317 e.